The number of aliphatic imine (C=N–C) groups is 1. The van der Waals surface area contributed by atoms with Gasteiger partial charge in [0.25, 0.3) is 0 Å². The van der Waals surface area contributed by atoms with Crippen molar-refractivity contribution in [3.8, 4) is 0 Å². The van der Waals surface area contributed by atoms with E-state index in [0.29, 0.717) is 11.5 Å². The number of nitrogens with zero attached hydrogens (tertiary/aromatic N) is 1. The molecule has 1 aliphatic heterocycles. The molecule has 0 saturated carbocycles. The third-order valence-corrected chi connectivity index (χ3v) is 2.29. The Kier molecular flexibility index (Phi) is 1.14. The van der Waals surface area contributed by atoms with Crippen LogP contribution >= 0.6 is 0 Å². The van der Waals surface area contributed by atoms with Gasteiger partial charge >= 0.3 is 0 Å². The van der Waals surface area contributed by atoms with Crippen molar-refractivity contribution in [1.29, 1.82) is 0 Å². The predicted molar refractivity (Wildman–Crippen MR) is 36.4 cm³/mol. The van der Waals surface area contributed by atoms with Crippen LogP contribution in [0.5, 0.6) is 0 Å². The van der Waals surface area contributed by atoms with Gasteiger partial charge in [0.05, 0.1) is 5.54 Å². The van der Waals surface area contributed by atoms with E-state index in [-0.39, 0.29) is 0 Å². The van der Waals surface area contributed by atoms with Gasteiger partial charge in [-0.3, -0.25) is 4.99 Å². The van der Waals surface area contributed by atoms with Gasteiger partial charge in [-0.2, -0.15) is 0 Å². The molecule has 0 N–H and O–H groups in total. The van der Waals surface area contributed by atoms with Crippen LogP contribution in [0.4, 0.5) is 0 Å². The minimum atomic E-state index is 0.292. The second-order valence-corrected chi connectivity index (χ2v) is 2.78. The molecular formula is C7H13N. The Balaban J connectivity index is 2.59. The van der Waals surface area contributed by atoms with Crippen molar-refractivity contribution in [2.75, 3.05) is 0 Å². The Labute approximate surface area is 50.8 Å². The molecule has 1 unspecified atom stereocenters. The lowest BCUT2D eigenvalue weighted by atomic mass is 9.81. The summed E-state index contributed by atoms with van der Waals surface area (Å²) in [5.41, 5.74) is 0.292. The van der Waals surface area contributed by atoms with Crippen LogP contribution in [0.1, 0.15) is 27.2 Å². The van der Waals surface area contributed by atoms with Gasteiger partial charge in [0.15, 0.2) is 0 Å². The predicted octanol–water partition coefficient (Wildman–Crippen LogP) is 1.88. The van der Waals surface area contributed by atoms with E-state index >= 15 is 0 Å². The van der Waals surface area contributed by atoms with Gasteiger partial charge in [0.2, 0.25) is 0 Å². The minimum absolute atomic E-state index is 0.292. The van der Waals surface area contributed by atoms with Crippen LogP contribution in [0.3, 0.4) is 0 Å². The highest BCUT2D eigenvalue weighted by Crippen LogP contribution is 2.30. The summed E-state index contributed by atoms with van der Waals surface area (Å²) in [6.45, 7) is 6.61. The molecule has 1 aliphatic rings. The molecule has 0 saturated heterocycles. The lowest BCUT2D eigenvalue weighted by Crippen LogP contribution is -2.39. The Hall–Kier alpha value is -0.330. The molecular weight excluding hydrogens is 98.1 g/mol. The van der Waals surface area contributed by atoms with Crippen LogP contribution in [0.2, 0.25) is 0 Å². The maximum Gasteiger partial charge on any atom is 0.0648 e. The molecule has 0 aromatic heterocycles. The molecule has 1 nitrogen and oxygen atoms in total. The molecule has 0 radical (unpaired) electrons. The molecule has 0 spiro atoms. The highest BCUT2D eigenvalue weighted by molar-refractivity contribution is 5.69. The largest absolute Gasteiger partial charge is 0.290 e. The van der Waals surface area contributed by atoms with Crippen molar-refractivity contribution < 1.29 is 0 Å². The van der Waals surface area contributed by atoms with E-state index in [9.17, 15) is 0 Å². The van der Waals surface area contributed by atoms with Gasteiger partial charge < -0.3 is 0 Å². The number of hydrogen-bond donors (Lipinski definition) is 0. The fourth-order valence-electron chi connectivity index (χ4n) is 0.891. The van der Waals surface area contributed by atoms with E-state index in [1.165, 1.54) is 6.42 Å². The van der Waals surface area contributed by atoms with Crippen molar-refractivity contribution in [3.05, 3.63) is 0 Å². The maximum atomic E-state index is 4.28. The third kappa shape index (κ3) is 0.575. The van der Waals surface area contributed by atoms with Gasteiger partial charge in [-0.1, -0.05) is 13.8 Å². The summed E-state index contributed by atoms with van der Waals surface area (Å²) < 4.78 is 0. The number of rotatable bonds is 1. The first-order chi connectivity index (χ1) is 3.69. The van der Waals surface area contributed by atoms with Crippen molar-refractivity contribution in [3.63, 3.8) is 0 Å². The Bertz CT molecular complexity index is 118. The molecule has 0 bridgehead atoms. The molecule has 1 rings (SSSR count). The smallest absolute Gasteiger partial charge is 0.0648 e. The lowest BCUT2D eigenvalue weighted by Gasteiger charge is -2.35. The summed E-state index contributed by atoms with van der Waals surface area (Å²) in [7, 11) is 0. The Morgan fingerprint density at radius 2 is 2.38 bits per heavy atom. The molecule has 1 heterocycles. The molecule has 0 fully saturated rings. The lowest BCUT2D eigenvalue weighted by molar-refractivity contribution is 0.345. The first-order valence-electron chi connectivity index (χ1n) is 3.24. The zero-order valence-corrected chi connectivity index (χ0v) is 5.81. The van der Waals surface area contributed by atoms with Gasteiger partial charge in [-0.25, -0.2) is 0 Å². The van der Waals surface area contributed by atoms with Crippen LogP contribution in [0, 0.1) is 5.92 Å². The fraction of sp³-hybridized carbons (Fsp3) is 0.857. The summed E-state index contributed by atoms with van der Waals surface area (Å²) in [4.78, 5) is 4.28. The zero-order valence-electron chi connectivity index (χ0n) is 5.81. The van der Waals surface area contributed by atoms with Gasteiger partial charge in [0.1, 0.15) is 0 Å². The highest BCUT2D eigenvalue weighted by Gasteiger charge is 2.33. The Morgan fingerprint density at radius 3 is 2.38 bits per heavy atom. The molecule has 2 atom stereocenters. The fourth-order valence-corrected chi connectivity index (χ4v) is 0.891. The van der Waals surface area contributed by atoms with E-state index in [4.69, 9.17) is 0 Å². The summed E-state index contributed by atoms with van der Waals surface area (Å²) >= 11 is 0. The van der Waals surface area contributed by atoms with Crippen LogP contribution in [-0.4, -0.2) is 11.8 Å². The van der Waals surface area contributed by atoms with E-state index in [2.05, 4.69) is 25.8 Å². The summed E-state index contributed by atoms with van der Waals surface area (Å²) in [6, 6.07) is 0. The third-order valence-electron chi connectivity index (χ3n) is 2.29. The molecule has 46 valence electrons. The van der Waals surface area contributed by atoms with Crippen LogP contribution in [-0.2, 0) is 0 Å². The molecule has 8 heavy (non-hydrogen) atoms. The monoisotopic (exact) mass is 111 g/mol. The van der Waals surface area contributed by atoms with Crippen molar-refractivity contribution in [2.45, 2.75) is 32.7 Å². The first-order valence-corrected chi connectivity index (χ1v) is 3.24. The normalized spacial score (nSPS) is 44.1. The quantitative estimate of drug-likeness (QED) is 0.490. The molecule has 1 heteroatoms. The number of hydrogen-bond acceptors (Lipinski definition) is 1. The minimum Gasteiger partial charge on any atom is -0.290 e. The van der Waals surface area contributed by atoms with Gasteiger partial charge in [0, 0.05) is 12.1 Å². The molecule has 0 aliphatic carbocycles. The summed E-state index contributed by atoms with van der Waals surface area (Å²) in [5.74, 6) is 0.701. The van der Waals surface area contributed by atoms with E-state index in [1.54, 1.807) is 0 Å². The van der Waals surface area contributed by atoms with E-state index in [0.717, 1.165) is 0 Å². The van der Waals surface area contributed by atoms with Crippen LogP contribution in [0.15, 0.2) is 4.99 Å². The van der Waals surface area contributed by atoms with Gasteiger partial charge in [-0.05, 0) is 13.3 Å². The molecule has 0 aromatic rings. The van der Waals surface area contributed by atoms with E-state index < -0.39 is 0 Å². The van der Waals surface area contributed by atoms with Crippen molar-refractivity contribution in [2.24, 2.45) is 10.9 Å². The van der Waals surface area contributed by atoms with Crippen molar-refractivity contribution in [1.82, 2.24) is 0 Å². The highest BCUT2D eigenvalue weighted by atomic mass is 14.9. The van der Waals surface area contributed by atoms with Crippen LogP contribution < -0.4 is 0 Å². The second kappa shape index (κ2) is 1.57. The maximum absolute atomic E-state index is 4.28. The second-order valence-electron chi connectivity index (χ2n) is 2.78. The van der Waals surface area contributed by atoms with Gasteiger partial charge in [-0.15, -0.1) is 0 Å². The summed E-state index contributed by atoms with van der Waals surface area (Å²) in [5, 5.41) is 0. The first kappa shape index (κ1) is 5.80. The molecule has 0 amide bonds. The zero-order chi connectivity index (χ0) is 6.20. The standard InChI is InChI=1S/C7H13N/c1-4-7(3)6(2)5-8-7/h5-6H,4H2,1-3H3/t6-,7?/m1/s1. The average molecular weight is 111 g/mol. The van der Waals surface area contributed by atoms with Crippen molar-refractivity contribution >= 4 is 6.21 Å². The van der Waals surface area contributed by atoms with Crippen LogP contribution in [0.25, 0.3) is 0 Å². The SMILES string of the molecule is CCC1(C)N=C[C@H]1C. The Morgan fingerprint density at radius 1 is 1.75 bits per heavy atom. The topological polar surface area (TPSA) is 12.4 Å². The molecule has 0 aromatic carbocycles. The summed E-state index contributed by atoms with van der Waals surface area (Å²) in [6.07, 6.45) is 3.20. The average Bonchev–Trinajstić information content (AvgIpc) is 1.83. The van der Waals surface area contributed by atoms with E-state index in [1.807, 2.05) is 6.21 Å².